The molecule has 2 rings (SSSR count). The Kier molecular flexibility index (Phi) is 3.92. The summed E-state index contributed by atoms with van der Waals surface area (Å²) in [4.78, 5) is 0. The number of rotatable bonds is 4. The Morgan fingerprint density at radius 3 is 2.67 bits per heavy atom. The number of aryl methyl sites for hydroxylation is 2. The molecule has 0 aliphatic rings. The molecule has 96 valence electrons. The molecule has 0 spiro atoms. The third kappa shape index (κ3) is 2.85. The predicted octanol–water partition coefficient (Wildman–Crippen LogP) is 3.57. The van der Waals surface area contributed by atoms with Gasteiger partial charge in [0.05, 0.1) is 23.0 Å². The quantitative estimate of drug-likeness (QED) is 0.914. The van der Waals surface area contributed by atoms with Gasteiger partial charge in [0.15, 0.2) is 0 Å². The molecule has 4 heteroatoms. The minimum Gasteiger partial charge on any atom is -0.383 e. The van der Waals surface area contributed by atoms with Crippen LogP contribution in [0.1, 0.15) is 17.0 Å². The molecule has 0 unspecified atom stereocenters. The summed E-state index contributed by atoms with van der Waals surface area (Å²) in [6.07, 6.45) is 0. The zero-order valence-corrected chi connectivity index (χ0v) is 11.8. The molecule has 0 amide bonds. The molecule has 0 aliphatic heterocycles. The Labute approximate surface area is 113 Å². The summed E-state index contributed by atoms with van der Waals surface area (Å²) in [6.45, 7) is 7.66. The summed E-state index contributed by atoms with van der Waals surface area (Å²) in [5.41, 5.74) is 4.32. The second-order valence-electron chi connectivity index (χ2n) is 4.50. The van der Waals surface area contributed by atoms with E-state index in [1.165, 1.54) is 5.56 Å². The van der Waals surface area contributed by atoms with Gasteiger partial charge in [0, 0.05) is 12.2 Å². The van der Waals surface area contributed by atoms with Crippen molar-refractivity contribution in [2.24, 2.45) is 0 Å². The Bertz CT molecular complexity index is 546. The maximum absolute atomic E-state index is 6.11. The molecule has 0 bridgehead atoms. The van der Waals surface area contributed by atoms with E-state index in [0.717, 1.165) is 35.2 Å². The van der Waals surface area contributed by atoms with Crippen molar-refractivity contribution in [2.75, 3.05) is 11.9 Å². The molecular formula is C14H18ClN3. The molecular weight excluding hydrogens is 246 g/mol. The van der Waals surface area contributed by atoms with Crippen molar-refractivity contribution in [3.05, 3.63) is 46.2 Å². The van der Waals surface area contributed by atoms with Crippen LogP contribution in [0.3, 0.4) is 0 Å². The summed E-state index contributed by atoms with van der Waals surface area (Å²) < 4.78 is 1.94. The zero-order valence-electron chi connectivity index (χ0n) is 11.0. The molecule has 2 aromatic rings. The summed E-state index contributed by atoms with van der Waals surface area (Å²) in [7, 11) is 0. The van der Waals surface area contributed by atoms with Gasteiger partial charge in [-0.25, -0.2) is 0 Å². The van der Waals surface area contributed by atoms with Crippen LogP contribution in [-0.4, -0.2) is 16.3 Å². The van der Waals surface area contributed by atoms with E-state index < -0.39 is 0 Å². The van der Waals surface area contributed by atoms with E-state index in [2.05, 4.69) is 41.6 Å². The fourth-order valence-electron chi connectivity index (χ4n) is 1.95. The predicted molar refractivity (Wildman–Crippen MR) is 76.4 cm³/mol. The van der Waals surface area contributed by atoms with Gasteiger partial charge in [-0.2, -0.15) is 5.10 Å². The molecule has 0 radical (unpaired) electrons. The second-order valence-corrected chi connectivity index (χ2v) is 4.88. The van der Waals surface area contributed by atoms with Gasteiger partial charge in [0.2, 0.25) is 0 Å². The summed E-state index contributed by atoms with van der Waals surface area (Å²) in [5, 5.41) is 8.56. The van der Waals surface area contributed by atoms with Crippen LogP contribution in [0, 0.1) is 20.8 Å². The van der Waals surface area contributed by atoms with E-state index in [0.29, 0.717) is 0 Å². The van der Waals surface area contributed by atoms with Crippen molar-refractivity contribution in [3.63, 3.8) is 0 Å². The van der Waals surface area contributed by atoms with Gasteiger partial charge in [0.25, 0.3) is 0 Å². The lowest BCUT2D eigenvalue weighted by molar-refractivity contribution is 0.615. The topological polar surface area (TPSA) is 29.9 Å². The number of nitrogens with one attached hydrogen (secondary N) is 1. The molecule has 3 nitrogen and oxygen atoms in total. The van der Waals surface area contributed by atoms with Gasteiger partial charge in [-0.15, -0.1) is 0 Å². The van der Waals surface area contributed by atoms with Gasteiger partial charge in [-0.3, -0.25) is 4.68 Å². The minimum absolute atomic E-state index is 0.769. The van der Waals surface area contributed by atoms with Crippen molar-refractivity contribution in [3.8, 4) is 0 Å². The standard InChI is InChI=1S/C14H18ClN3/c1-10-5-4-6-13(9-10)16-7-8-18-12(3)14(15)11(2)17-18/h4-6,9,16H,7-8H2,1-3H3. The molecule has 1 aromatic heterocycles. The van der Waals surface area contributed by atoms with Crippen LogP contribution in [0.4, 0.5) is 5.69 Å². The first kappa shape index (κ1) is 13.0. The molecule has 1 N–H and O–H groups in total. The van der Waals surface area contributed by atoms with Crippen LogP contribution in [0.5, 0.6) is 0 Å². The minimum atomic E-state index is 0.769. The molecule has 0 fully saturated rings. The number of nitrogens with zero attached hydrogens (tertiary/aromatic N) is 2. The number of halogens is 1. The lowest BCUT2D eigenvalue weighted by atomic mass is 10.2. The van der Waals surface area contributed by atoms with Crippen LogP contribution in [0.15, 0.2) is 24.3 Å². The first-order valence-corrected chi connectivity index (χ1v) is 6.46. The summed E-state index contributed by atoms with van der Waals surface area (Å²) >= 11 is 6.11. The molecule has 1 heterocycles. The van der Waals surface area contributed by atoms with Crippen LogP contribution in [0.25, 0.3) is 0 Å². The van der Waals surface area contributed by atoms with Gasteiger partial charge >= 0.3 is 0 Å². The SMILES string of the molecule is Cc1cccc(NCCn2nc(C)c(Cl)c2C)c1. The molecule has 0 saturated heterocycles. The maximum Gasteiger partial charge on any atom is 0.0844 e. The number of anilines is 1. The molecule has 18 heavy (non-hydrogen) atoms. The third-order valence-electron chi connectivity index (χ3n) is 2.96. The highest BCUT2D eigenvalue weighted by molar-refractivity contribution is 6.31. The van der Waals surface area contributed by atoms with Crippen molar-refractivity contribution in [1.29, 1.82) is 0 Å². The first-order chi connectivity index (χ1) is 8.58. The smallest absolute Gasteiger partial charge is 0.0844 e. The van der Waals surface area contributed by atoms with E-state index >= 15 is 0 Å². The van der Waals surface area contributed by atoms with E-state index in [-0.39, 0.29) is 0 Å². The number of benzene rings is 1. The Morgan fingerprint density at radius 1 is 1.28 bits per heavy atom. The number of aromatic nitrogens is 2. The average molecular weight is 264 g/mol. The Morgan fingerprint density at radius 2 is 2.06 bits per heavy atom. The van der Waals surface area contributed by atoms with E-state index in [4.69, 9.17) is 11.6 Å². The third-order valence-corrected chi connectivity index (χ3v) is 3.51. The second kappa shape index (κ2) is 5.44. The Hall–Kier alpha value is -1.48. The van der Waals surface area contributed by atoms with E-state index in [1.54, 1.807) is 0 Å². The van der Waals surface area contributed by atoms with Crippen molar-refractivity contribution in [2.45, 2.75) is 27.3 Å². The lowest BCUT2D eigenvalue weighted by Crippen LogP contribution is -2.12. The first-order valence-electron chi connectivity index (χ1n) is 6.08. The van der Waals surface area contributed by atoms with E-state index in [1.807, 2.05) is 18.5 Å². The van der Waals surface area contributed by atoms with Crippen molar-refractivity contribution >= 4 is 17.3 Å². The average Bonchev–Trinajstić information content (AvgIpc) is 2.57. The molecule has 0 aliphatic carbocycles. The number of hydrogen-bond acceptors (Lipinski definition) is 2. The van der Waals surface area contributed by atoms with Crippen LogP contribution in [-0.2, 0) is 6.54 Å². The molecule has 0 atom stereocenters. The largest absolute Gasteiger partial charge is 0.383 e. The van der Waals surface area contributed by atoms with Crippen LogP contribution in [0.2, 0.25) is 5.02 Å². The highest BCUT2D eigenvalue weighted by atomic mass is 35.5. The normalized spacial score (nSPS) is 10.7. The fraction of sp³-hybridized carbons (Fsp3) is 0.357. The Balaban J connectivity index is 1.94. The van der Waals surface area contributed by atoms with E-state index in [9.17, 15) is 0 Å². The number of hydrogen-bond donors (Lipinski definition) is 1. The molecule has 0 saturated carbocycles. The van der Waals surface area contributed by atoms with Gasteiger partial charge < -0.3 is 5.32 Å². The van der Waals surface area contributed by atoms with Crippen molar-refractivity contribution < 1.29 is 0 Å². The zero-order chi connectivity index (χ0) is 13.1. The van der Waals surface area contributed by atoms with Gasteiger partial charge in [-0.1, -0.05) is 23.7 Å². The van der Waals surface area contributed by atoms with Gasteiger partial charge in [-0.05, 0) is 38.5 Å². The summed E-state index contributed by atoms with van der Waals surface area (Å²) in [5.74, 6) is 0. The highest BCUT2D eigenvalue weighted by Crippen LogP contribution is 2.18. The summed E-state index contributed by atoms with van der Waals surface area (Å²) in [6, 6.07) is 8.35. The maximum atomic E-state index is 6.11. The fourth-order valence-corrected chi connectivity index (χ4v) is 2.09. The van der Waals surface area contributed by atoms with Gasteiger partial charge in [0.1, 0.15) is 0 Å². The molecule has 1 aromatic carbocycles. The van der Waals surface area contributed by atoms with Crippen LogP contribution >= 0.6 is 11.6 Å². The van der Waals surface area contributed by atoms with Crippen molar-refractivity contribution in [1.82, 2.24) is 9.78 Å². The monoisotopic (exact) mass is 263 g/mol. The lowest BCUT2D eigenvalue weighted by Gasteiger charge is -2.08. The van der Waals surface area contributed by atoms with Crippen LogP contribution < -0.4 is 5.32 Å². The highest BCUT2D eigenvalue weighted by Gasteiger charge is 2.08.